The number of rotatable bonds is 1. The van der Waals surface area contributed by atoms with Crippen LogP contribution in [0.15, 0.2) is 0 Å². The van der Waals surface area contributed by atoms with Gasteiger partial charge < -0.3 is 0 Å². The summed E-state index contributed by atoms with van der Waals surface area (Å²) >= 11 is 0. The number of hydrogen-bond donors (Lipinski definition) is 1. The first-order valence-corrected chi connectivity index (χ1v) is 0.730. The fourth-order valence-corrected chi connectivity index (χ4v) is 0. The van der Waals surface area contributed by atoms with Crippen molar-refractivity contribution in [2.75, 3.05) is 0 Å². The minimum Gasteiger partial charge on any atom is -0.214 e. The molecule has 1 N–H and O–H groups in total. The Bertz CT molecular complexity index is 42.8. The van der Waals surface area contributed by atoms with Crippen molar-refractivity contribution in [2.45, 2.75) is 0 Å². The second kappa shape index (κ2) is 4.68. The van der Waals surface area contributed by atoms with E-state index in [0.717, 1.165) is 0 Å². The minimum absolute atomic E-state index is 0. The number of nitrogens with zero attached hydrogens (tertiary/aromatic N) is 1. The third-order valence-corrected chi connectivity index (χ3v) is 0.0667. The summed E-state index contributed by atoms with van der Waals surface area (Å²) in [4.78, 5) is 11.2. The van der Waals surface area contributed by atoms with Crippen LogP contribution in [0.5, 0.6) is 0 Å². The van der Waals surface area contributed by atoms with Crippen LogP contribution in [-0.2, 0) is 22.1 Å². The topological polar surface area (TPSA) is 72.6 Å². The monoisotopic (exact) mass is 142 g/mol. The van der Waals surface area contributed by atoms with E-state index in [1.165, 1.54) is 0 Å². The van der Waals surface area contributed by atoms with Crippen molar-refractivity contribution in [3.05, 3.63) is 10.1 Å². The summed E-state index contributed by atoms with van der Waals surface area (Å²) in [6.45, 7) is 0. The van der Waals surface area contributed by atoms with Gasteiger partial charge in [0.15, 0.2) is 0 Å². The molecule has 0 aromatic carbocycles. The molecule has 6 heteroatoms. The molecule has 0 aromatic heterocycles. The van der Waals surface area contributed by atoms with Crippen LogP contribution in [0.25, 0.3) is 0 Å². The summed E-state index contributed by atoms with van der Waals surface area (Å²) in [5.41, 5.74) is 0. The van der Waals surface area contributed by atoms with Crippen LogP contribution >= 0.6 is 0 Å². The average molecular weight is 143 g/mol. The molecule has 0 fully saturated rings. The van der Waals surface area contributed by atoms with Gasteiger partial charge in [0, 0.05) is 0 Å². The van der Waals surface area contributed by atoms with Gasteiger partial charge in [-0.1, -0.05) is 0 Å². The quantitative estimate of drug-likeness (QED) is 0.235. The first kappa shape index (κ1) is 9.19. The van der Waals surface area contributed by atoms with E-state index >= 15 is 0 Å². The van der Waals surface area contributed by atoms with E-state index in [4.69, 9.17) is 15.4 Å². The van der Waals surface area contributed by atoms with Gasteiger partial charge in [-0.25, -0.2) is 5.26 Å². The second-order valence-corrected chi connectivity index (χ2v) is 0.305. The van der Waals surface area contributed by atoms with Gasteiger partial charge in [0.1, 0.15) is 0 Å². The molecule has 0 aromatic rings. The maximum atomic E-state index is 8.70. The van der Waals surface area contributed by atoms with Crippen molar-refractivity contribution in [3.63, 3.8) is 0 Å². The normalized spacial score (nSPS) is 5.50. The maximum absolute atomic E-state index is 8.70. The Morgan fingerprint density at radius 1 is 1.83 bits per heavy atom. The Labute approximate surface area is 43.4 Å². The van der Waals surface area contributed by atoms with Gasteiger partial charge in [0.05, 0.1) is 0 Å². The van der Waals surface area contributed by atoms with Crippen molar-refractivity contribution in [3.8, 4) is 0 Å². The molecule has 0 heterocycles. The standard InChI is InChI=1S/Cu.HNO4/c;2-1(3)5-4/h;4H/q+2;. The van der Waals surface area contributed by atoms with Crippen molar-refractivity contribution in [2.24, 2.45) is 0 Å². The molecule has 0 spiro atoms. The molecule has 0 atom stereocenters. The molecule has 0 aliphatic rings. The van der Waals surface area contributed by atoms with Crippen LogP contribution in [-0.4, -0.2) is 10.3 Å². The van der Waals surface area contributed by atoms with Crippen LogP contribution in [0.2, 0.25) is 0 Å². The van der Waals surface area contributed by atoms with Gasteiger partial charge >= 0.3 is 22.2 Å². The third-order valence-electron chi connectivity index (χ3n) is 0.0667. The molecule has 0 saturated carbocycles. The molecule has 5 nitrogen and oxygen atoms in total. The van der Waals surface area contributed by atoms with E-state index < -0.39 is 5.09 Å². The van der Waals surface area contributed by atoms with Crippen LogP contribution in [0.3, 0.4) is 0 Å². The SMILES string of the molecule is O=[N+]([O-])OO.[Cu+2]. The molecule has 0 bridgehead atoms. The molecule has 0 unspecified atom stereocenters. The molecule has 0 aliphatic heterocycles. The second-order valence-electron chi connectivity index (χ2n) is 0.305. The summed E-state index contributed by atoms with van der Waals surface area (Å²) in [6, 6.07) is 0. The van der Waals surface area contributed by atoms with Gasteiger partial charge in [-0.15, -0.1) is 15.1 Å². The Balaban J connectivity index is 0. The van der Waals surface area contributed by atoms with Crippen LogP contribution in [0.1, 0.15) is 0 Å². The van der Waals surface area contributed by atoms with Crippen LogP contribution in [0, 0.1) is 10.1 Å². The molecule has 1 radical (unpaired) electrons. The van der Waals surface area contributed by atoms with E-state index in [1.807, 2.05) is 0 Å². The van der Waals surface area contributed by atoms with Crippen LogP contribution < -0.4 is 0 Å². The van der Waals surface area contributed by atoms with Crippen molar-refractivity contribution >= 4 is 0 Å². The van der Waals surface area contributed by atoms with Gasteiger partial charge in [0.25, 0.3) is 0 Å². The summed E-state index contributed by atoms with van der Waals surface area (Å²) in [5, 5.41) is 14.3. The van der Waals surface area contributed by atoms with E-state index in [9.17, 15) is 0 Å². The van der Waals surface area contributed by atoms with E-state index in [0.29, 0.717) is 0 Å². The Hall–Kier alpha value is -0.321. The molecule has 6 heavy (non-hydrogen) atoms. The summed E-state index contributed by atoms with van der Waals surface area (Å²) in [7, 11) is 0. The van der Waals surface area contributed by atoms with Crippen molar-refractivity contribution in [1.82, 2.24) is 0 Å². The first-order valence-electron chi connectivity index (χ1n) is 0.730. The molecular formula is HCuNO4+2. The zero-order valence-corrected chi connectivity index (χ0v) is 3.36. The van der Waals surface area contributed by atoms with Gasteiger partial charge in [-0.3, -0.25) is 0 Å². The van der Waals surface area contributed by atoms with Crippen molar-refractivity contribution < 1.29 is 32.4 Å². The van der Waals surface area contributed by atoms with Gasteiger partial charge in [-0.2, -0.15) is 0 Å². The smallest absolute Gasteiger partial charge is 0.214 e. The molecule has 0 aliphatic carbocycles. The van der Waals surface area contributed by atoms with E-state index in [1.54, 1.807) is 0 Å². The van der Waals surface area contributed by atoms with Crippen LogP contribution in [0.4, 0.5) is 0 Å². The molecule has 39 valence electrons. The maximum Gasteiger partial charge on any atom is 2.00 e. The first-order chi connectivity index (χ1) is 2.27. The predicted molar refractivity (Wildman–Crippen MR) is 10.7 cm³/mol. The molecular weight excluding hydrogens is 142 g/mol. The molecule has 0 saturated heterocycles. The fraction of sp³-hybridized carbons (Fsp3) is 0. The minimum atomic E-state index is -1.32. The fourth-order valence-electron chi connectivity index (χ4n) is 0. The Kier molecular flexibility index (Phi) is 7.16. The largest absolute Gasteiger partial charge is 2.00 e. The Morgan fingerprint density at radius 3 is 2.00 bits per heavy atom. The summed E-state index contributed by atoms with van der Waals surface area (Å²) in [6.07, 6.45) is 0. The number of hydrogen-bond acceptors (Lipinski definition) is 4. The summed E-state index contributed by atoms with van der Waals surface area (Å²) in [5.74, 6) is 0. The molecule has 0 amide bonds. The average Bonchev–Trinajstić information content (AvgIpc) is 1.38. The van der Waals surface area contributed by atoms with Crippen molar-refractivity contribution in [1.29, 1.82) is 0 Å². The third kappa shape index (κ3) is 9.37. The summed E-state index contributed by atoms with van der Waals surface area (Å²) < 4.78 is 0. The zero-order valence-electron chi connectivity index (χ0n) is 2.42. The van der Waals surface area contributed by atoms with Gasteiger partial charge in [0.2, 0.25) is 0 Å². The van der Waals surface area contributed by atoms with Gasteiger partial charge in [-0.05, 0) is 0 Å². The van der Waals surface area contributed by atoms with E-state index in [2.05, 4.69) is 4.99 Å². The predicted octanol–water partition coefficient (Wildman–Crippen LogP) is -0.335. The Morgan fingerprint density at radius 2 is 2.00 bits per heavy atom. The zero-order chi connectivity index (χ0) is 4.28. The van der Waals surface area contributed by atoms with E-state index in [-0.39, 0.29) is 17.1 Å². The molecule has 0 rings (SSSR count).